The number of thioether (sulfide) groups is 1. The average Bonchev–Trinajstić information content (AvgIpc) is 2.96. The Kier molecular flexibility index (Phi) is 6.45. The van der Waals surface area contributed by atoms with E-state index >= 15 is 0 Å². The van der Waals surface area contributed by atoms with Gasteiger partial charge in [-0.05, 0) is 25.5 Å². The lowest BCUT2D eigenvalue weighted by Gasteiger charge is -2.12. The van der Waals surface area contributed by atoms with Gasteiger partial charge in [-0.15, -0.1) is 10.2 Å². The minimum Gasteiger partial charge on any atom is -0.325 e. The van der Waals surface area contributed by atoms with E-state index in [2.05, 4.69) is 22.4 Å². The summed E-state index contributed by atoms with van der Waals surface area (Å²) in [5.74, 6) is -0.0284. The molecule has 1 heterocycles. The SMILES string of the molecule is CCCCCn1cnnc1S[C@H](C)C(=O)Nc1ccccc1. The summed E-state index contributed by atoms with van der Waals surface area (Å²) in [6.07, 6.45) is 5.21. The van der Waals surface area contributed by atoms with Crippen molar-refractivity contribution in [1.82, 2.24) is 14.8 Å². The second kappa shape index (κ2) is 8.58. The molecular formula is C16H22N4OS. The normalized spacial score (nSPS) is 12.1. The topological polar surface area (TPSA) is 59.8 Å². The van der Waals surface area contributed by atoms with Crippen molar-refractivity contribution in [3.05, 3.63) is 36.7 Å². The van der Waals surface area contributed by atoms with Crippen LogP contribution >= 0.6 is 11.8 Å². The maximum atomic E-state index is 12.2. The number of benzene rings is 1. The number of hydrogen-bond donors (Lipinski definition) is 1. The Bertz CT molecular complexity index is 585. The van der Waals surface area contributed by atoms with Crippen LogP contribution in [0.2, 0.25) is 0 Å². The van der Waals surface area contributed by atoms with Crippen LogP contribution in [-0.4, -0.2) is 25.9 Å². The Balaban J connectivity index is 1.90. The summed E-state index contributed by atoms with van der Waals surface area (Å²) in [5, 5.41) is 11.6. The third-order valence-electron chi connectivity index (χ3n) is 3.28. The number of rotatable bonds is 8. The molecule has 1 amide bonds. The molecule has 1 aromatic carbocycles. The van der Waals surface area contributed by atoms with E-state index in [1.165, 1.54) is 24.6 Å². The molecule has 0 saturated heterocycles. The van der Waals surface area contributed by atoms with E-state index in [4.69, 9.17) is 0 Å². The van der Waals surface area contributed by atoms with Gasteiger partial charge in [0.05, 0.1) is 5.25 Å². The molecule has 2 aromatic rings. The number of nitrogens with one attached hydrogen (secondary N) is 1. The lowest BCUT2D eigenvalue weighted by atomic mass is 10.2. The molecule has 0 unspecified atom stereocenters. The molecule has 6 heteroatoms. The molecule has 0 aliphatic heterocycles. The van der Waals surface area contributed by atoms with E-state index in [0.717, 1.165) is 23.8 Å². The minimum atomic E-state index is -0.227. The lowest BCUT2D eigenvalue weighted by molar-refractivity contribution is -0.115. The van der Waals surface area contributed by atoms with Crippen LogP contribution in [0, 0.1) is 0 Å². The van der Waals surface area contributed by atoms with Crippen LogP contribution in [0.4, 0.5) is 5.69 Å². The van der Waals surface area contributed by atoms with Gasteiger partial charge in [-0.25, -0.2) is 0 Å². The van der Waals surface area contributed by atoms with Gasteiger partial charge in [0.2, 0.25) is 5.91 Å². The standard InChI is InChI=1S/C16H22N4OS/c1-3-4-8-11-20-12-17-19-16(20)22-13(2)15(21)18-14-9-6-5-7-10-14/h5-7,9-10,12-13H,3-4,8,11H2,1-2H3,(H,18,21)/t13-/m1/s1. The molecule has 0 radical (unpaired) electrons. The molecule has 1 atom stereocenters. The molecule has 0 saturated carbocycles. The van der Waals surface area contributed by atoms with Crippen molar-refractivity contribution in [2.75, 3.05) is 5.32 Å². The maximum absolute atomic E-state index is 12.2. The lowest BCUT2D eigenvalue weighted by Crippen LogP contribution is -2.22. The third-order valence-corrected chi connectivity index (χ3v) is 4.37. The fourth-order valence-electron chi connectivity index (χ4n) is 2.00. The smallest absolute Gasteiger partial charge is 0.237 e. The van der Waals surface area contributed by atoms with Gasteiger partial charge in [-0.2, -0.15) is 0 Å². The molecule has 0 bridgehead atoms. The number of carbonyl (C=O) groups is 1. The number of amides is 1. The number of unbranched alkanes of at least 4 members (excludes halogenated alkanes) is 2. The molecule has 5 nitrogen and oxygen atoms in total. The molecule has 2 rings (SSSR count). The molecule has 22 heavy (non-hydrogen) atoms. The van der Waals surface area contributed by atoms with Gasteiger partial charge in [0.15, 0.2) is 5.16 Å². The van der Waals surface area contributed by atoms with Gasteiger partial charge in [0, 0.05) is 12.2 Å². The monoisotopic (exact) mass is 318 g/mol. The van der Waals surface area contributed by atoms with Crippen molar-refractivity contribution in [1.29, 1.82) is 0 Å². The highest BCUT2D eigenvalue weighted by molar-refractivity contribution is 8.00. The highest BCUT2D eigenvalue weighted by Crippen LogP contribution is 2.22. The van der Waals surface area contributed by atoms with Gasteiger partial charge in [0.1, 0.15) is 6.33 Å². The first-order chi connectivity index (χ1) is 10.7. The molecule has 0 spiro atoms. The second-order valence-electron chi connectivity index (χ2n) is 5.13. The first kappa shape index (κ1) is 16.5. The summed E-state index contributed by atoms with van der Waals surface area (Å²) in [7, 11) is 0. The third kappa shape index (κ3) is 4.87. The van der Waals surface area contributed by atoms with Crippen LogP contribution in [0.3, 0.4) is 0 Å². The Morgan fingerprint density at radius 3 is 2.82 bits per heavy atom. The summed E-state index contributed by atoms with van der Waals surface area (Å²) >= 11 is 1.44. The highest BCUT2D eigenvalue weighted by Gasteiger charge is 2.17. The zero-order valence-corrected chi connectivity index (χ0v) is 13.8. The van der Waals surface area contributed by atoms with E-state index < -0.39 is 0 Å². The number of hydrogen-bond acceptors (Lipinski definition) is 4. The number of nitrogens with zero attached hydrogens (tertiary/aromatic N) is 3. The van der Waals surface area contributed by atoms with Crippen molar-refractivity contribution in [2.24, 2.45) is 0 Å². The van der Waals surface area contributed by atoms with Gasteiger partial charge in [0.25, 0.3) is 0 Å². The van der Waals surface area contributed by atoms with Crippen molar-refractivity contribution in [3.63, 3.8) is 0 Å². The predicted molar refractivity (Wildman–Crippen MR) is 89.9 cm³/mol. The Labute approximate surface area is 135 Å². The van der Waals surface area contributed by atoms with Crippen LogP contribution in [0.5, 0.6) is 0 Å². The van der Waals surface area contributed by atoms with Crippen LogP contribution in [0.15, 0.2) is 41.8 Å². The fraction of sp³-hybridized carbons (Fsp3) is 0.438. The quantitative estimate of drug-likeness (QED) is 0.597. The fourth-order valence-corrected chi connectivity index (χ4v) is 2.85. The number of carbonyl (C=O) groups excluding carboxylic acids is 1. The Hall–Kier alpha value is -1.82. The van der Waals surface area contributed by atoms with Crippen molar-refractivity contribution >= 4 is 23.4 Å². The first-order valence-electron chi connectivity index (χ1n) is 7.61. The number of aromatic nitrogens is 3. The van der Waals surface area contributed by atoms with Crippen molar-refractivity contribution in [2.45, 2.75) is 50.1 Å². The van der Waals surface area contributed by atoms with Crippen molar-refractivity contribution < 1.29 is 4.79 Å². The van der Waals surface area contributed by atoms with E-state index in [1.54, 1.807) is 6.33 Å². The largest absolute Gasteiger partial charge is 0.325 e. The Morgan fingerprint density at radius 2 is 2.09 bits per heavy atom. The summed E-state index contributed by atoms with van der Waals surface area (Å²) in [4.78, 5) is 12.2. The van der Waals surface area contributed by atoms with Crippen LogP contribution < -0.4 is 5.32 Å². The summed E-state index contributed by atoms with van der Waals surface area (Å²) in [6.45, 7) is 4.96. The molecule has 0 aliphatic rings. The van der Waals surface area contributed by atoms with Crippen molar-refractivity contribution in [3.8, 4) is 0 Å². The van der Waals surface area contributed by atoms with Crippen LogP contribution in [-0.2, 0) is 11.3 Å². The highest BCUT2D eigenvalue weighted by atomic mass is 32.2. The summed E-state index contributed by atoms with van der Waals surface area (Å²) < 4.78 is 2.02. The van der Waals surface area contributed by atoms with Gasteiger partial charge in [-0.1, -0.05) is 49.7 Å². The van der Waals surface area contributed by atoms with Gasteiger partial charge in [-0.3, -0.25) is 4.79 Å². The average molecular weight is 318 g/mol. The first-order valence-corrected chi connectivity index (χ1v) is 8.49. The number of para-hydroxylation sites is 1. The minimum absolute atomic E-state index is 0.0284. The van der Waals surface area contributed by atoms with Gasteiger partial charge >= 0.3 is 0 Å². The Morgan fingerprint density at radius 1 is 1.32 bits per heavy atom. The van der Waals surface area contributed by atoms with E-state index in [0.29, 0.717) is 0 Å². The molecule has 1 aromatic heterocycles. The number of aryl methyl sites for hydroxylation is 1. The zero-order valence-electron chi connectivity index (χ0n) is 13.0. The van der Waals surface area contributed by atoms with E-state index in [-0.39, 0.29) is 11.2 Å². The molecular weight excluding hydrogens is 296 g/mol. The second-order valence-corrected chi connectivity index (χ2v) is 6.44. The zero-order chi connectivity index (χ0) is 15.8. The molecule has 118 valence electrons. The van der Waals surface area contributed by atoms with Crippen LogP contribution in [0.1, 0.15) is 33.1 Å². The molecule has 0 fully saturated rings. The van der Waals surface area contributed by atoms with Crippen LogP contribution in [0.25, 0.3) is 0 Å². The molecule has 1 N–H and O–H groups in total. The summed E-state index contributed by atoms with van der Waals surface area (Å²) in [6, 6.07) is 9.48. The van der Waals surface area contributed by atoms with E-state index in [9.17, 15) is 4.79 Å². The number of anilines is 1. The summed E-state index contributed by atoms with van der Waals surface area (Å²) in [5.41, 5.74) is 0.810. The predicted octanol–water partition coefficient (Wildman–Crippen LogP) is 3.59. The maximum Gasteiger partial charge on any atom is 0.237 e. The molecule has 0 aliphatic carbocycles. The van der Waals surface area contributed by atoms with E-state index in [1.807, 2.05) is 41.8 Å². The van der Waals surface area contributed by atoms with Gasteiger partial charge < -0.3 is 9.88 Å².